The van der Waals surface area contributed by atoms with Crippen molar-refractivity contribution in [1.82, 2.24) is 9.80 Å². The second kappa shape index (κ2) is 20.0. The van der Waals surface area contributed by atoms with Crippen molar-refractivity contribution >= 4 is 45.3 Å². The number of hydrogen-bond donors (Lipinski definition) is 4. The topological polar surface area (TPSA) is 183 Å². The molecule has 2 aliphatic rings. The number of carboxylic acid groups (broad SMARTS) is 4. The second-order valence-corrected chi connectivity index (χ2v) is 13.2. The molecule has 1 aromatic heterocycles. The zero-order chi connectivity index (χ0) is 37.5. The molecule has 0 unspecified atom stereocenters. The number of carbonyl (C=O) groups is 4. The minimum Gasteiger partial charge on any atom is -0.493 e. The fourth-order valence-electron chi connectivity index (χ4n) is 5.95. The van der Waals surface area contributed by atoms with Crippen molar-refractivity contribution in [2.24, 2.45) is 0 Å². The van der Waals surface area contributed by atoms with Gasteiger partial charge in [-0.05, 0) is 123 Å². The zero-order valence-corrected chi connectivity index (χ0v) is 29.8. The third-order valence-electron chi connectivity index (χ3n) is 8.53. The van der Waals surface area contributed by atoms with E-state index in [-0.39, 0.29) is 0 Å². The Balaban J connectivity index is 0.000000436. The van der Waals surface area contributed by atoms with Gasteiger partial charge in [0.05, 0.1) is 7.11 Å². The molecule has 52 heavy (non-hydrogen) atoms. The van der Waals surface area contributed by atoms with E-state index in [0.717, 1.165) is 43.4 Å². The fraction of sp³-hybridized carbons (Fsp3) is 0.368. The summed E-state index contributed by atoms with van der Waals surface area (Å²) in [6.07, 6.45) is 6.06. The van der Waals surface area contributed by atoms with Crippen molar-refractivity contribution in [3.05, 3.63) is 77.9 Å². The van der Waals surface area contributed by atoms with Crippen LogP contribution in [0.1, 0.15) is 36.8 Å². The summed E-state index contributed by atoms with van der Waals surface area (Å²) in [6.45, 7) is 8.19. The summed E-state index contributed by atoms with van der Waals surface area (Å²) >= 11 is 1.86. The van der Waals surface area contributed by atoms with Gasteiger partial charge in [-0.2, -0.15) is 0 Å². The number of nitrogens with zero attached hydrogens (tertiary/aromatic N) is 2. The molecular weight excluding hydrogens is 692 g/mol. The Hall–Kier alpha value is -5.18. The predicted octanol–water partition coefficient (Wildman–Crippen LogP) is 5.43. The maximum absolute atomic E-state index is 9.10. The number of hydrogen-bond acceptors (Lipinski definition) is 10. The summed E-state index contributed by atoms with van der Waals surface area (Å²) in [5.74, 6) is -4.73. The molecule has 0 aliphatic carbocycles. The maximum atomic E-state index is 9.10. The van der Waals surface area contributed by atoms with E-state index in [1.807, 2.05) is 11.3 Å². The summed E-state index contributed by atoms with van der Waals surface area (Å²) in [5.41, 5.74) is 3.81. The molecule has 14 heteroatoms. The minimum atomic E-state index is -1.82. The van der Waals surface area contributed by atoms with Gasteiger partial charge in [-0.1, -0.05) is 24.3 Å². The van der Waals surface area contributed by atoms with Gasteiger partial charge in [0.25, 0.3) is 0 Å². The highest BCUT2D eigenvalue weighted by atomic mass is 32.1. The van der Waals surface area contributed by atoms with Crippen molar-refractivity contribution in [3.8, 4) is 27.7 Å². The monoisotopic (exact) mass is 736 g/mol. The number of carboxylic acids is 4. The normalized spacial score (nSPS) is 14.1. The molecule has 3 heterocycles. The molecule has 278 valence electrons. The Morgan fingerprint density at radius 3 is 1.75 bits per heavy atom. The third-order valence-corrected chi connectivity index (χ3v) is 9.79. The molecule has 3 aromatic carbocycles. The molecule has 4 N–H and O–H groups in total. The number of likely N-dealkylation sites (tertiary alicyclic amines) is 2. The van der Waals surface area contributed by atoms with E-state index in [9.17, 15) is 0 Å². The average Bonchev–Trinajstić information content (AvgIpc) is 3.93. The number of thiophene rings is 1. The molecule has 0 spiro atoms. The lowest BCUT2D eigenvalue weighted by Crippen LogP contribution is -2.25. The molecule has 0 amide bonds. The van der Waals surface area contributed by atoms with E-state index in [2.05, 4.69) is 76.5 Å². The first-order chi connectivity index (χ1) is 25.0. The Kier molecular flexibility index (Phi) is 15.2. The number of fused-ring (bicyclic) bond motifs is 1. The van der Waals surface area contributed by atoms with E-state index in [0.29, 0.717) is 6.61 Å². The lowest BCUT2D eigenvalue weighted by Gasteiger charge is -2.17. The van der Waals surface area contributed by atoms with Gasteiger partial charge in [0.2, 0.25) is 0 Å². The summed E-state index contributed by atoms with van der Waals surface area (Å²) < 4.78 is 19.3. The molecule has 0 saturated carbocycles. The number of benzene rings is 3. The molecule has 0 atom stereocenters. The SMILES string of the molecule is COc1cc(Cc2c(-c3ccc(OCCN4CCCC4)cc3)sc3ccccc23)ccc1OCCN1CCCC1.O=C(O)C(=O)O.O=C(O)C(=O)O. The first-order valence-electron chi connectivity index (χ1n) is 17.0. The maximum Gasteiger partial charge on any atom is 0.414 e. The molecule has 6 rings (SSSR count). The Morgan fingerprint density at radius 2 is 1.21 bits per heavy atom. The van der Waals surface area contributed by atoms with Gasteiger partial charge in [-0.25, -0.2) is 19.2 Å². The molecule has 13 nitrogen and oxygen atoms in total. The van der Waals surface area contributed by atoms with Crippen LogP contribution in [0.2, 0.25) is 0 Å². The number of aliphatic carboxylic acids is 4. The van der Waals surface area contributed by atoms with Crippen LogP contribution in [-0.4, -0.2) is 114 Å². The van der Waals surface area contributed by atoms with Crippen molar-refractivity contribution in [2.45, 2.75) is 32.1 Å². The van der Waals surface area contributed by atoms with E-state index >= 15 is 0 Å². The van der Waals surface area contributed by atoms with Crippen molar-refractivity contribution in [2.75, 3.05) is 59.6 Å². The summed E-state index contributed by atoms with van der Waals surface area (Å²) in [4.78, 5) is 42.7. The van der Waals surface area contributed by atoms with Crippen LogP contribution in [0, 0.1) is 0 Å². The molecule has 2 fully saturated rings. The molecular formula is C38H44N2O11S. The fourth-order valence-corrected chi connectivity index (χ4v) is 7.17. The Bertz CT molecular complexity index is 1750. The van der Waals surface area contributed by atoms with Crippen molar-refractivity contribution in [1.29, 1.82) is 0 Å². The van der Waals surface area contributed by atoms with Crippen LogP contribution < -0.4 is 14.2 Å². The number of rotatable bonds is 12. The van der Waals surface area contributed by atoms with Crippen LogP contribution in [0.5, 0.6) is 17.2 Å². The molecule has 2 saturated heterocycles. The zero-order valence-electron chi connectivity index (χ0n) is 29.0. The average molecular weight is 737 g/mol. The van der Waals surface area contributed by atoms with E-state index < -0.39 is 23.9 Å². The summed E-state index contributed by atoms with van der Waals surface area (Å²) in [6, 6.07) is 23.8. The number of methoxy groups -OCH3 is 1. The Morgan fingerprint density at radius 1 is 0.673 bits per heavy atom. The smallest absolute Gasteiger partial charge is 0.414 e. The van der Waals surface area contributed by atoms with Gasteiger partial charge in [0.15, 0.2) is 11.5 Å². The van der Waals surface area contributed by atoms with Crippen LogP contribution >= 0.6 is 11.3 Å². The highest BCUT2D eigenvalue weighted by molar-refractivity contribution is 7.22. The van der Waals surface area contributed by atoms with Crippen LogP contribution in [0.3, 0.4) is 0 Å². The van der Waals surface area contributed by atoms with Crippen LogP contribution in [0.4, 0.5) is 0 Å². The van der Waals surface area contributed by atoms with Crippen molar-refractivity contribution in [3.63, 3.8) is 0 Å². The van der Waals surface area contributed by atoms with Crippen LogP contribution in [0.15, 0.2) is 66.7 Å². The summed E-state index contributed by atoms with van der Waals surface area (Å²) in [7, 11) is 1.73. The van der Waals surface area contributed by atoms with Gasteiger partial charge in [-0.15, -0.1) is 11.3 Å². The van der Waals surface area contributed by atoms with E-state index in [4.69, 9.17) is 53.8 Å². The van der Waals surface area contributed by atoms with E-state index in [1.54, 1.807) is 7.11 Å². The molecule has 0 bridgehead atoms. The first kappa shape index (κ1) is 39.6. The van der Waals surface area contributed by atoms with Gasteiger partial charge in [-0.3, -0.25) is 9.80 Å². The summed E-state index contributed by atoms with van der Waals surface area (Å²) in [5, 5.41) is 30.9. The van der Waals surface area contributed by atoms with Gasteiger partial charge >= 0.3 is 23.9 Å². The molecule has 0 radical (unpaired) electrons. The second-order valence-electron chi connectivity index (χ2n) is 12.1. The predicted molar refractivity (Wildman–Crippen MR) is 196 cm³/mol. The lowest BCUT2D eigenvalue weighted by atomic mass is 9.98. The standard InChI is InChI=1S/C34H40N2O3S.2C2H2O4/c1-37-32-25-26(10-15-31(32)39-23-21-36-18-6-7-19-36)24-30-29-8-2-3-9-33(29)40-34(30)27-11-13-28(14-12-27)38-22-20-35-16-4-5-17-35;2*3-1(4)2(5)6/h2-3,8-15,25H,4-7,16-24H2,1H3;2*(H,3,4)(H,5,6). The van der Waals surface area contributed by atoms with Crippen molar-refractivity contribution < 1.29 is 53.8 Å². The van der Waals surface area contributed by atoms with Gasteiger partial charge in [0, 0.05) is 22.7 Å². The lowest BCUT2D eigenvalue weighted by molar-refractivity contribution is -0.159. The number of ether oxygens (including phenoxy) is 3. The highest BCUT2D eigenvalue weighted by Gasteiger charge is 2.17. The van der Waals surface area contributed by atoms with E-state index in [1.165, 1.54) is 83.5 Å². The largest absolute Gasteiger partial charge is 0.493 e. The minimum absolute atomic E-state index is 0.687. The quantitative estimate of drug-likeness (QED) is 0.135. The molecule has 4 aromatic rings. The Labute approximate surface area is 305 Å². The van der Waals surface area contributed by atoms with Crippen LogP contribution in [-0.2, 0) is 25.6 Å². The third kappa shape index (κ3) is 12.0. The highest BCUT2D eigenvalue weighted by Crippen LogP contribution is 2.41. The first-order valence-corrected chi connectivity index (χ1v) is 17.8. The molecule has 2 aliphatic heterocycles. The van der Waals surface area contributed by atoms with Gasteiger partial charge in [0.1, 0.15) is 19.0 Å². The van der Waals surface area contributed by atoms with Crippen LogP contribution in [0.25, 0.3) is 20.5 Å². The van der Waals surface area contributed by atoms with Gasteiger partial charge < -0.3 is 34.6 Å².